The van der Waals surface area contributed by atoms with E-state index in [2.05, 4.69) is 9.71 Å². The van der Waals surface area contributed by atoms with E-state index >= 15 is 0 Å². The van der Waals surface area contributed by atoms with Gasteiger partial charge in [-0.15, -0.1) is 0 Å². The molecule has 0 aromatic carbocycles. The van der Waals surface area contributed by atoms with Crippen LogP contribution in [0.4, 0.5) is 0 Å². The minimum atomic E-state index is -3.63. The van der Waals surface area contributed by atoms with Crippen LogP contribution in [0.25, 0.3) is 0 Å². The molecular weight excluding hydrogens is 266 g/mol. The first-order chi connectivity index (χ1) is 8.95. The number of nitrogens with zero attached hydrogens (tertiary/aromatic N) is 1. The van der Waals surface area contributed by atoms with Gasteiger partial charge in [0.25, 0.3) is 10.0 Å². The Labute approximate surface area is 113 Å². The Balaban J connectivity index is 2.17. The van der Waals surface area contributed by atoms with E-state index in [0.717, 1.165) is 18.4 Å². The summed E-state index contributed by atoms with van der Waals surface area (Å²) in [6, 6.07) is 3.14. The molecule has 7 heteroatoms. The fourth-order valence-corrected chi connectivity index (χ4v) is 3.43. The summed E-state index contributed by atoms with van der Waals surface area (Å²) in [5.74, 6) is 0. The zero-order chi connectivity index (χ0) is 13.9. The molecule has 3 N–H and O–H groups in total. The fourth-order valence-electron chi connectivity index (χ4n) is 2.08. The van der Waals surface area contributed by atoms with Gasteiger partial charge >= 0.3 is 0 Å². The minimum Gasteiger partial charge on any atom is -0.380 e. The van der Waals surface area contributed by atoms with Crippen molar-refractivity contribution in [2.75, 3.05) is 13.2 Å². The maximum absolute atomic E-state index is 12.2. The van der Waals surface area contributed by atoms with Gasteiger partial charge in [-0.3, -0.25) is 0 Å². The Hall–Kier alpha value is -1.02. The van der Waals surface area contributed by atoms with Crippen molar-refractivity contribution >= 4 is 10.0 Å². The Bertz CT molecular complexity index is 522. The van der Waals surface area contributed by atoms with Crippen molar-refractivity contribution in [1.29, 1.82) is 0 Å². The lowest BCUT2D eigenvalue weighted by atomic mass is 9.97. The molecule has 1 atom stereocenters. The molecule has 1 fully saturated rings. The second-order valence-electron chi connectivity index (χ2n) is 5.03. The van der Waals surface area contributed by atoms with Gasteiger partial charge in [-0.2, -0.15) is 0 Å². The van der Waals surface area contributed by atoms with Gasteiger partial charge in [-0.05, 0) is 31.4 Å². The van der Waals surface area contributed by atoms with Crippen molar-refractivity contribution in [3.05, 3.63) is 23.9 Å². The summed E-state index contributed by atoms with van der Waals surface area (Å²) < 4.78 is 32.5. The molecule has 106 valence electrons. The van der Waals surface area contributed by atoms with Crippen LogP contribution in [0.3, 0.4) is 0 Å². The third kappa shape index (κ3) is 3.50. The normalized spacial score (nSPS) is 24.3. The summed E-state index contributed by atoms with van der Waals surface area (Å²) >= 11 is 0. The molecule has 1 aromatic heterocycles. The van der Waals surface area contributed by atoms with E-state index in [1.807, 2.05) is 6.92 Å². The molecule has 1 aliphatic rings. The molecule has 0 bridgehead atoms. The number of hydrogen-bond donors (Lipinski definition) is 2. The number of ether oxygens (including phenoxy) is 1. The Morgan fingerprint density at radius 2 is 2.32 bits per heavy atom. The Morgan fingerprint density at radius 3 is 2.84 bits per heavy atom. The zero-order valence-corrected chi connectivity index (χ0v) is 11.7. The lowest BCUT2D eigenvalue weighted by molar-refractivity contribution is 0.0386. The second kappa shape index (κ2) is 5.54. The summed E-state index contributed by atoms with van der Waals surface area (Å²) in [6.45, 7) is 3.25. The molecule has 0 saturated carbocycles. The smallest absolute Gasteiger partial charge is 0.258 e. The van der Waals surface area contributed by atoms with Crippen molar-refractivity contribution in [3.8, 4) is 0 Å². The number of pyridine rings is 1. The highest BCUT2D eigenvalue weighted by Gasteiger charge is 2.33. The van der Waals surface area contributed by atoms with Crippen LogP contribution in [0.15, 0.2) is 23.4 Å². The topological polar surface area (TPSA) is 94.3 Å². The van der Waals surface area contributed by atoms with Gasteiger partial charge in [0, 0.05) is 19.3 Å². The summed E-state index contributed by atoms with van der Waals surface area (Å²) in [4.78, 5) is 3.95. The van der Waals surface area contributed by atoms with Gasteiger partial charge in [0.1, 0.15) is 0 Å². The molecule has 2 rings (SSSR count). The van der Waals surface area contributed by atoms with Crippen LogP contribution in [0.1, 0.15) is 25.3 Å². The highest BCUT2D eigenvalue weighted by molar-refractivity contribution is 7.89. The monoisotopic (exact) mass is 285 g/mol. The van der Waals surface area contributed by atoms with Gasteiger partial charge in [-0.25, -0.2) is 18.1 Å². The molecule has 0 amide bonds. The zero-order valence-electron chi connectivity index (χ0n) is 10.9. The van der Waals surface area contributed by atoms with E-state index in [1.54, 1.807) is 6.07 Å². The molecule has 6 nitrogen and oxygen atoms in total. The predicted octanol–water partition coefficient (Wildman–Crippen LogP) is 0.388. The van der Waals surface area contributed by atoms with Crippen LogP contribution in [-0.2, 0) is 21.3 Å². The van der Waals surface area contributed by atoms with Crippen LogP contribution < -0.4 is 10.5 Å². The molecular formula is C12H19N3O3S. The lowest BCUT2D eigenvalue weighted by Gasteiger charge is -2.33. The predicted molar refractivity (Wildman–Crippen MR) is 70.9 cm³/mol. The van der Waals surface area contributed by atoms with Crippen LogP contribution in [0, 0.1) is 0 Å². The van der Waals surface area contributed by atoms with E-state index in [9.17, 15) is 8.42 Å². The first-order valence-electron chi connectivity index (χ1n) is 6.22. The van der Waals surface area contributed by atoms with E-state index in [1.165, 1.54) is 12.3 Å². The van der Waals surface area contributed by atoms with E-state index in [4.69, 9.17) is 10.5 Å². The third-order valence-corrected chi connectivity index (χ3v) is 4.68. The first kappa shape index (κ1) is 14.4. The van der Waals surface area contributed by atoms with Crippen molar-refractivity contribution in [2.45, 2.75) is 36.9 Å². The van der Waals surface area contributed by atoms with Crippen LogP contribution >= 0.6 is 0 Å². The average molecular weight is 285 g/mol. The second-order valence-corrected chi connectivity index (χ2v) is 6.66. The van der Waals surface area contributed by atoms with Crippen LogP contribution in [0.2, 0.25) is 0 Å². The van der Waals surface area contributed by atoms with Crippen molar-refractivity contribution in [1.82, 2.24) is 9.71 Å². The summed E-state index contributed by atoms with van der Waals surface area (Å²) in [5, 5.41) is 0.0106. The molecule has 1 aromatic rings. The molecule has 1 aliphatic heterocycles. The number of aromatic nitrogens is 1. The number of hydrogen-bond acceptors (Lipinski definition) is 5. The maximum Gasteiger partial charge on any atom is 0.258 e. The number of nitrogens with two attached hydrogens (primary N) is 1. The summed E-state index contributed by atoms with van der Waals surface area (Å²) in [5.41, 5.74) is 5.69. The highest BCUT2D eigenvalue weighted by Crippen LogP contribution is 2.21. The number of nitrogens with one attached hydrogen (secondary N) is 1. The van der Waals surface area contributed by atoms with Crippen LogP contribution in [0.5, 0.6) is 0 Å². The molecule has 1 unspecified atom stereocenters. The van der Waals surface area contributed by atoms with Gasteiger partial charge in [0.05, 0.1) is 12.1 Å². The quantitative estimate of drug-likeness (QED) is 0.834. The van der Waals surface area contributed by atoms with Crippen molar-refractivity contribution < 1.29 is 13.2 Å². The molecule has 19 heavy (non-hydrogen) atoms. The van der Waals surface area contributed by atoms with E-state index in [-0.39, 0.29) is 5.03 Å². The molecule has 2 heterocycles. The van der Waals surface area contributed by atoms with Gasteiger partial charge < -0.3 is 10.5 Å². The number of sulfonamides is 1. The largest absolute Gasteiger partial charge is 0.380 e. The summed E-state index contributed by atoms with van der Waals surface area (Å²) in [6.07, 6.45) is 3.08. The first-order valence-corrected chi connectivity index (χ1v) is 7.70. The van der Waals surface area contributed by atoms with Crippen LogP contribution in [-0.4, -0.2) is 32.2 Å². The third-order valence-electron chi connectivity index (χ3n) is 3.13. The SMILES string of the molecule is CC1(NS(=O)(=O)c2ccc(CN)cn2)CCCOC1. The van der Waals surface area contributed by atoms with Crippen molar-refractivity contribution in [2.24, 2.45) is 5.73 Å². The molecule has 1 saturated heterocycles. The average Bonchev–Trinajstić information content (AvgIpc) is 2.38. The van der Waals surface area contributed by atoms with Gasteiger partial charge in [0.15, 0.2) is 5.03 Å². The molecule has 0 radical (unpaired) electrons. The van der Waals surface area contributed by atoms with Gasteiger partial charge in [-0.1, -0.05) is 6.07 Å². The summed E-state index contributed by atoms with van der Waals surface area (Å²) in [7, 11) is -3.63. The molecule has 0 aliphatic carbocycles. The standard InChI is InChI=1S/C12H19N3O3S/c1-12(5-2-6-18-9-12)15-19(16,17)11-4-3-10(7-13)8-14-11/h3-4,8,15H,2,5-7,9,13H2,1H3. The minimum absolute atomic E-state index is 0.0106. The van der Waals surface area contributed by atoms with E-state index in [0.29, 0.717) is 19.8 Å². The maximum atomic E-state index is 12.2. The highest BCUT2D eigenvalue weighted by atomic mass is 32.2. The Kier molecular flexibility index (Phi) is 4.19. The lowest BCUT2D eigenvalue weighted by Crippen LogP contribution is -2.51. The molecule has 0 spiro atoms. The number of rotatable bonds is 4. The van der Waals surface area contributed by atoms with Gasteiger partial charge in [0.2, 0.25) is 0 Å². The fraction of sp³-hybridized carbons (Fsp3) is 0.583. The van der Waals surface area contributed by atoms with Crippen molar-refractivity contribution in [3.63, 3.8) is 0 Å². The van der Waals surface area contributed by atoms with E-state index < -0.39 is 15.6 Å². The Morgan fingerprint density at radius 1 is 1.53 bits per heavy atom.